The van der Waals surface area contributed by atoms with Crippen LogP contribution in [0.15, 0.2) is 54.6 Å². The summed E-state index contributed by atoms with van der Waals surface area (Å²) in [5.41, 5.74) is 2.67. The lowest BCUT2D eigenvalue weighted by molar-refractivity contribution is -0.192. The van der Waals surface area contributed by atoms with Crippen LogP contribution in [0.3, 0.4) is 0 Å². The molecule has 3 rings (SSSR count). The van der Waals surface area contributed by atoms with Gasteiger partial charge in [0.1, 0.15) is 0 Å². The summed E-state index contributed by atoms with van der Waals surface area (Å²) in [6.45, 7) is 2.94. The topological polar surface area (TPSA) is 89.9 Å². The number of benzene rings is 2. The Morgan fingerprint density at radius 3 is 2.14 bits per heavy atom. The quantitative estimate of drug-likeness (QED) is 0.697. The highest BCUT2D eigenvalue weighted by atomic mass is 19.4. The lowest BCUT2D eigenvalue weighted by Gasteiger charge is -2.17. The average Bonchev–Trinajstić information content (AvgIpc) is 3.09. The highest BCUT2D eigenvalue weighted by Crippen LogP contribution is 2.18. The molecule has 1 fully saturated rings. The highest BCUT2D eigenvalue weighted by Gasteiger charge is 2.38. The highest BCUT2D eigenvalue weighted by molar-refractivity contribution is 5.87. The molecule has 1 heterocycles. The molecular weight excluding hydrogens is 389 g/mol. The molecule has 0 aliphatic carbocycles. The van der Waals surface area contributed by atoms with Crippen LogP contribution in [0, 0.1) is 0 Å². The van der Waals surface area contributed by atoms with Crippen LogP contribution in [-0.4, -0.2) is 52.4 Å². The van der Waals surface area contributed by atoms with Crippen molar-refractivity contribution in [1.82, 2.24) is 4.90 Å². The van der Waals surface area contributed by atoms with Crippen molar-refractivity contribution < 1.29 is 33.0 Å². The van der Waals surface area contributed by atoms with E-state index in [1.54, 1.807) is 12.1 Å². The predicted octanol–water partition coefficient (Wildman–Crippen LogP) is 3.70. The Hall–Kier alpha value is -3.07. The van der Waals surface area contributed by atoms with Crippen molar-refractivity contribution in [2.75, 3.05) is 18.4 Å². The molecule has 9 heteroatoms. The molecule has 2 aromatic carbocycles. The van der Waals surface area contributed by atoms with Crippen LogP contribution < -0.4 is 5.32 Å². The predicted molar refractivity (Wildman–Crippen MR) is 101 cm³/mol. The molecule has 0 amide bonds. The Labute approximate surface area is 165 Å². The first-order chi connectivity index (χ1) is 13.6. The fourth-order valence-electron chi connectivity index (χ4n) is 2.88. The summed E-state index contributed by atoms with van der Waals surface area (Å²) in [5.74, 6) is -3.63. The Kier molecular flexibility index (Phi) is 7.60. The average molecular weight is 410 g/mol. The monoisotopic (exact) mass is 410 g/mol. The van der Waals surface area contributed by atoms with Gasteiger partial charge in [-0.1, -0.05) is 30.3 Å². The van der Waals surface area contributed by atoms with E-state index >= 15 is 0 Å². The molecule has 156 valence electrons. The summed E-state index contributed by atoms with van der Waals surface area (Å²) in [6, 6.07) is 17.9. The summed E-state index contributed by atoms with van der Waals surface area (Å²) in [7, 11) is 0. The van der Waals surface area contributed by atoms with Crippen LogP contribution in [0.1, 0.15) is 22.3 Å². The Morgan fingerprint density at radius 2 is 1.62 bits per heavy atom. The van der Waals surface area contributed by atoms with Gasteiger partial charge in [-0.25, -0.2) is 9.59 Å². The van der Waals surface area contributed by atoms with Crippen molar-refractivity contribution in [3.8, 4) is 0 Å². The number of para-hydroxylation sites is 1. The molecule has 1 aliphatic rings. The second-order valence-electron chi connectivity index (χ2n) is 6.54. The van der Waals surface area contributed by atoms with E-state index in [2.05, 4.69) is 22.3 Å². The van der Waals surface area contributed by atoms with E-state index in [0.29, 0.717) is 11.6 Å². The molecule has 0 spiro atoms. The number of halogens is 3. The normalized spacial score (nSPS) is 16.6. The molecular formula is C20H21F3N2O4. The Balaban J connectivity index is 0.000000370. The van der Waals surface area contributed by atoms with Crippen LogP contribution in [0.25, 0.3) is 0 Å². The molecule has 1 unspecified atom stereocenters. The van der Waals surface area contributed by atoms with E-state index in [-0.39, 0.29) is 0 Å². The van der Waals surface area contributed by atoms with Crippen LogP contribution in [0.2, 0.25) is 0 Å². The van der Waals surface area contributed by atoms with Gasteiger partial charge in [0.25, 0.3) is 0 Å². The zero-order chi connectivity index (χ0) is 21.4. The largest absolute Gasteiger partial charge is 0.490 e. The fourth-order valence-corrected chi connectivity index (χ4v) is 2.88. The number of hydrogen-bond acceptors (Lipinski definition) is 4. The van der Waals surface area contributed by atoms with Gasteiger partial charge in [-0.15, -0.1) is 0 Å². The van der Waals surface area contributed by atoms with Crippen molar-refractivity contribution in [3.05, 3.63) is 65.7 Å². The molecule has 0 saturated carbocycles. The third kappa shape index (κ3) is 7.46. The van der Waals surface area contributed by atoms with Crippen molar-refractivity contribution >= 4 is 17.6 Å². The van der Waals surface area contributed by atoms with Crippen LogP contribution >= 0.6 is 0 Å². The number of carboxylic acid groups (broad SMARTS) is 2. The number of hydrogen-bond donors (Lipinski definition) is 3. The van der Waals surface area contributed by atoms with Gasteiger partial charge in [-0.3, -0.25) is 4.90 Å². The number of rotatable bonds is 5. The van der Waals surface area contributed by atoms with Gasteiger partial charge in [-0.2, -0.15) is 13.2 Å². The smallest absolute Gasteiger partial charge is 0.478 e. The number of aliphatic carboxylic acids is 1. The standard InChI is InChI=1S/C18H20N2O2.C2HF3O2/c21-18(22)15-8-6-14(7-9-15)12-20-11-10-17(13-20)19-16-4-2-1-3-5-16;3-2(4,5)1(6)7/h1-9,17,19H,10-13H2,(H,21,22);(H,6,7). The number of carbonyl (C=O) groups is 2. The SMILES string of the molecule is O=C(O)C(F)(F)F.O=C(O)c1ccc(CN2CCC(Nc3ccccc3)C2)cc1. The number of alkyl halides is 3. The number of carboxylic acids is 2. The van der Waals surface area contributed by atoms with E-state index < -0.39 is 18.1 Å². The van der Waals surface area contributed by atoms with Crippen LogP contribution in [-0.2, 0) is 11.3 Å². The third-order valence-corrected chi connectivity index (χ3v) is 4.27. The molecule has 3 N–H and O–H groups in total. The molecule has 2 aromatic rings. The van der Waals surface area contributed by atoms with E-state index in [0.717, 1.165) is 31.6 Å². The molecule has 1 atom stereocenters. The lowest BCUT2D eigenvalue weighted by Crippen LogP contribution is -2.25. The number of nitrogens with zero attached hydrogens (tertiary/aromatic N) is 1. The molecule has 29 heavy (non-hydrogen) atoms. The Bertz CT molecular complexity index is 811. The first-order valence-corrected chi connectivity index (χ1v) is 8.81. The van der Waals surface area contributed by atoms with Crippen LogP contribution in [0.5, 0.6) is 0 Å². The maximum absolute atomic E-state index is 10.9. The summed E-state index contributed by atoms with van der Waals surface area (Å²) >= 11 is 0. The van der Waals surface area contributed by atoms with Gasteiger partial charge < -0.3 is 15.5 Å². The van der Waals surface area contributed by atoms with Gasteiger partial charge in [-0.05, 0) is 36.2 Å². The molecule has 1 aliphatic heterocycles. The van der Waals surface area contributed by atoms with Gasteiger partial charge in [0.05, 0.1) is 5.56 Å². The van der Waals surface area contributed by atoms with Gasteiger partial charge >= 0.3 is 18.1 Å². The molecule has 0 bridgehead atoms. The van der Waals surface area contributed by atoms with Gasteiger partial charge in [0.15, 0.2) is 0 Å². The summed E-state index contributed by atoms with van der Waals surface area (Å²) in [5, 5.41) is 19.6. The molecule has 0 radical (unpaired) electrons. The lowest BCUT2D eigenvalue weighted by atomic mass is 10.1. The first-order valence-electron chi connectivity index (χ1n) is 8.81. The maximum atomic E-state index is 10.9. The zero-order valence-corrected chi connectivity index (χ0v) is 15.4. The second-order valence-corrected chi connectivity index (χ2v) is 6.54. The van der Waals surface area contributed by atoms with Crippen LogP contribution in [0.4, 0.5) is 18.9 Å². The number of nitrogens with one attached hydrogen (secondary N) is 1. The van der Waals surface area contributed by atoms with E-state index in [4.69, 9.17) is 15.0 Å². The van der Waals surface area contributed by atoms with Gasteiger partial charge in [0.2, 0.25) is 0 Å². The summed E-state index contributed by atoms with van der Waals surface area (Å²) in [6.07, 6.45) is -3.96. The maximum Gasteiger partial charge on any atom is 0.490 e. The minimum atomic E-state index is -5.08. The number of aromatic carboxylic acids is 1. The van der Waals surface area contributed by atoms with Gasteiger partial charge in [0, 0.05) is 31.4 Å². The minimum absolute atomic E-state index is 0.341. The molecule has 1 saturated heterocycles. The third-order valence-electron chi connectivity index (χ3n) is 4.27. The summed E-state index contributed by atoms with van der Waals surface area (Å²) < 4.78 is 31.7. The first kappa shape index (κ1) is 22.2. The number of likely N-dealkylation sites (tertiary alicyclic amines) is 1. The minimum Gasteiger partial charge on any atom is -0.478 e. The van der Waals surface area contributed by atoms with Crippen molar-refractivity contribution in [2.24, 2.45) is 0 Å². The number of anilines is 1. The summed E-state index contributed by atoms with van der Waals surface area (Å²) in [4.78, 5) is 22.1. The van der Waals surface area contributed by atoms with Crippen molar-refractivity contribution in [3.63, 3.8) is 0 Å². The fraction of sp³-hybridized carbons (Fsp3) is 0.300. The zero-order valence-electron chi connectivity index (χ0n) is 15.4. The van der Waals surface area contributed by atoms with Crippen molar-refractivity contribution in [1.29, 1.82) is 0 Å². The molecule has 6 nitrogen and oxygen atoms in total. The van der Waals surface area contributed by atoms with E-state index in [1.165, 1.54) is 5.69 Å². The second kappa shape index (κ2) is 9.92. The van der Waals surface area contributed by atoms with E-state index in [1.807, 2.05) is 30.3 Å². The van der Waals surface area contributed by atoms with E-state index in [9.17, 15) is 18.0 Å². The molecule has 0 aromatic heterocycles. The Morgan fingerprint density at radius 1 is 1.03 bits per heavy atom. The van der Waals surface area contributed by atoms with Crippen molar-refractivity contribution in [2.45, 2.75) is 25.2 Å².